The van der Waals surface area contributed by atoms with Crippen LogP contribution in [0.3, 0.4) is 0 Å². The van der Waals surface area contributed by atoms with Crippen LogP contribution in [0.25, 0.3) is 22.4 Å². The molecule has 5 nitrogen and oxygen atoms in total. The topological polar surface area (TPSA) is 78.9 Å². The third kappa shape index (κ3) is 1.95. The number of rotatable bonds is 2. The number of nitrogens with zero attached hydrogens (tertiary/aromatic N) is 2. The standard InChI is InChI=1S/C14H11N3O2/c1-8-7-9(5-6-15-8)13-16-11-4-2-3-10(14(18)19)12(11)17-13/h2-7H,1H3,(H,16,17)(H,18,19). The Hall–Kier alpha value is -2.69. The number of hydrogen-bond donors (Lipinski definition) is 2. The Kier molecular flexibility index (Phi) is 2.52. The maximum Gasteiger partial charge on any atom is 0.337 e. The molecule has 3 aromatic rings. The van der Waals surface area contributed by atoms with Gasteiger partial charge in [0.15, 0.2) is 0 Å². The van der Waals surface area contributed by atoms with E-state index in [2.05, 4.69) is 15.0 Å². The first-order chi connectivity index (χ1) is 9.15. The number of benzene rings is 1. The molecule has 94 valence electrons. The fraction of sp³-hybridized carbons (Fsp3) is 0.0714. The van der Waals surface area contributed by atoms with E-state index in [0.717, 1.165) is 11.3 Å². The second kappa shape index (κ2) is 4.20. The minimum absolute atomic E-state index is 0.200. The molecule has 2 N–H and O–H groups in total. The molecule has 0 saturated heterocycles. The molecule has 0 bridgehead atoms. The Morgan fingerprint density at radius 3 is 2.89 bits per heavy atom. The Morgan fingerprint density at radius 2 is 2.16 bits per heavy atom. The van der Waals surface area contributed by atoms with E-state index in [1.54, 1.807) is 18.3 Å². The summed E-state index contributed by atoms with van der Waals surface area (Å²) in [7, 11) is 0. The van der Waals surface area contributed by atoms with Crippen LogP contribution < -0.4 is 0 Å². The Bertz CT molecular complexity index is 777. The van der Waals surface area contributed by atoms with Crippen LogP contribution in [0.15, 0.2) is 36.5 Å². The molecule has 0 aliphatic carbocycles. The first kappa shape index (κ1) is 11.4. The summed E-state index contributed by atoms with van der Waals surface area (Å²) in [5, 5.41) is 9.14. The number of carbonyl (C=O) groups is 1. The van der Waals surface area contributed by atoms with Gasteiger partial charge in [-0.25, -0.2) is 9.78 Å². The van der Waals surface area contributed by atoms with E-state index in [9.17, 15) is 4.79 Å². The number of carboxylic acids is 1. The average Bonchev–Trinajstić information content (AvgIpc) is 2.82. The molecular formula is C14H11N3O2. The summed E-state index contributed by atoms with van der Waals surface area (Å²) in [6.45, 7) is 1.90. The van der Waals surface area contributed by atoms with Crippen molar-refractivity contribution >= 4 is 17.0 Å². The van der Waals surface area contributed by atoms with Crippen molar-refractivity contribution in [1.29, 1.82) is 0 Å². The quantitative estimate of drug-likeness (QED) is 0.735. The van der Waals surface area contributed by atoms with Crippen LogP contribution in [-0.4, -0.2) is 26.0 Å². The van der Waals surface area contributed by atoms with E-state index in [1.165, 1.54) is 0 Å². The third-order valence-corrected chi connectivity index (χ3v) is 2.91. The van der Waals surface area contributed by atoms with Gasteiger partial charge in [0.1, 0.15) is 11.3 Å². The summed E-state index contributed by atoms with van der Waals surface area (Å²) in [5.74, 6) is -0.330. The molecule has 2 heterocycles. The number of H-pyrrole nitrogens is 1. The molecule has 0 unspecified atom stereocenters. The normalized spacial score (nSPS) is 10.8. The van der Waals surface area contributed by atoms with Crippen molar-refractivity contribution in [3.8, 4) is 11.4 Å². The van der Waals surface area contributed by atoms with E-state index in [1.807, 2.05) is 25.1 Å². The second-order valence-electron chi connectivity index (χ2n) is 4.28. The molecule has 0 amide bonds. The summed E-state index contributed by atoms with van der Waals surface area (Å²) < 4.78 is 0. The fourth-order valence-electron chi connectivity index (χ4n) is 2.03. The molecule has 0 atom stereocenters. The van der Waals surface area contributed by atoms with Gasteiger partial charge in [0, 0.05) is 17.5 Å². The minimum atomic E-state index is -0.977. The summed E-state index contributed by atoms with van der Waals surface area (Å²) in [6.07, 6.45) is 1.70. The van der Waals surface area contributed by atoms with Crippen LogP contribution in [0, 0.1) is 6.92 Å². The molecule has 0 spiro atoms. The zero-order valence-corrected chi connectivity index (χ0v) is 10.2. The van der Waals surface area contributed by atoms with Crippen LogP contribution in [0.4, 0.5) is 0 Å². The number of aromatic amines is 1. The summed E-state index contributed by atoms with van der Waals surface area (Å²) in [5.41, 5.74) is 3.16. The van der Waals surface area contributed by atoms with E-state index < -0.39 is 5.97 Å². The molecule has 1 aromatic carbocycles. The van der Waals surface area contributed by atoms with Crippen molar-refractivity contribution in [3.05, 3.63) is 47.8 Å². The fourth-order valence-corrected chi connectivity index (χ4v) is 2.03. The zero-order chi connectivity index (χ0) is 13.4. The van der Waals surface area contributed by atoms with Gasteiger partial charge in [-0.3, -0.25) is 4.98 Å². The number of nitrogens with one attached hydrogen (secondary N) is 1. The van der Waals surface area contributed by atoms with Crippen molar-refractivity contribution in [1.82, 2.24) is 15.0 Å². The molecule has 0 aliphatic rings. The summed E-state index contributed by atoms with van der Waals surface area (Å²) in [6, 6.07) is 8.80. The molecule has 5 heteroatoms. The monoisotopic (exact) mass is 253 g/mol. The highest BCUT2D eigenvalue weighted by Crippen LogP contribution is 2.22. The number of fused-ring (bicyclic) bond motifs is 1. The van der Waals surface area contributed by atoms with Crippen molar-refractivity contribution in [2.45, 2.75) is 6.92 Å². The molecule has 0 saturated carbocycles. The highest BCUT2D eigenvalue weighted by atomic mass is 16.4. The lowest BCUT2D eigenvalue weighted by Gasteiger charge is -1.96. The van der Waals surface area contributed by atoms with Crippen LogP contribution in [0.1, 0.15) is 16.1 Å². The highest BCUT2D eigenvalue weighted by Gasteiger charge is 2.13. The lowest BCUT2D eigenvalue weighted by molar-refractivity contribution is 0.0699. The molecule has 3 rings (SSSR count). The van der Waals surface area contributed by atoms with Gasteiger partial charge >= 0.3 is 5.97 Å². The molecular weight excluding hydrogens is 242 g/mol. The molecule has 0 radical (unpaired) electrons. The van der Waals surface area contributed by atoms with E-state index in [0.29, 0.717) is 16.9 Å². The van der Waals surface area contributed by atoms with Gasteiger partial charge in [-0.05, 0) is 31.2 Å². The van der Waals surface area contributed by atoms with Crippen LogP contribution >= 0.6 is 0 Å². The van der Waals surface area contributed by atoms with E-state index >= 15 is 0 Å². The number of aromatic nitrogens is 3. The largest absolute Gasteiger partial charge is 0.478 e. The first-order valence-electron chi connectivity index (χ1n) is 5.80. The van der Waals surface area contributed by atoms with Gasteiger partial charge in [-0.2, -0.15) is 0 Å². The third-order valence-electron chi connectivity index (χ3n) is 2.91. The molecule has 2 aromatic heterocycles. The maximum atomic E-state index is 11.2. The SMILES string of the molecule is Cc1cc(-c2nc3c(C(=O)O)cccc3[nH]2)ccn1. The Morgan fingerprint density at radius 1 is 1.32 bits per heavy atom. The Labute approximate surface area is 109 Å². The number of aryl methyl sites for hydroxylation is 1. The number of carboxylic acid groups (broad SMARTS) is 1. The van der Waals surface area contributed by atoms with Crippen molar-refractivity contribution < 1.29 is 9.90 Å². The minimum Gasteiger partial charge on any atom is -0.478 e. The lowest BCUT2D eigenvalue weighted by atomic mass is 10.2. The molecule has 19 heavy (non-hydrogen) atoms. The predicted molar refractivity (Wildman–Crippen MR) is 71.0 cm³/mol. The van der Waals surface area contributed by atoms with Gasteiger partial charge in [0.25, 0.3) is 0 Å². The van der Waals surface area contributed by atoms with Gasteiger partial charge in [0.05, 0.1) is 11.1 Å². The van der Waals surface area contributed by atoms with E-state index in [-0.39, 0.29) is 5.56 Å². The predicted octanol–water partition coefficient (Wildman–Crippen LogP) is 2.63. The Balaban J connectivity index is 2.22. The number of pyridine rings is 1. The van der Waals surface area contributed by atoms with Crippen LogP contribution in [-0.2, 0) is 0 Å². The second-order valence-corrected chi connectivity index (χ2v) is 4.28. The number of aromatic carboxylic acids is 1. The zero-order valence-electron chi connectivity index (χ0n) is 10.2. The number of para-hydroxylation sites is 1. The lowest BCUT2D eigenvalue weighted by Crippen LogP contribution is -1.96. The maximum absolute atomic E-state index is 11.2. The van der Waals surface area contributed by atoms with Gasteiger partial charge in [0.2, 0.25) is 0 Å². The van der Waals surface area contributed by atoms with E-state index in [4.69, 9.17) is 5.11 Å². The molecule has 0 aliphatic heterocycles. The summed E-state index contributed by atoms with van der Waals surface area (Å²) >= 11 is 0. The number of hydrogen-bond acceptors (Lipinski definition) is 3. The smallest absolute Gasteiger partial charge is 0.337 e. The average molecular weight is 253 g/mol. The van der Waals surface area contributed by atoms with Crippen molar-refractivity contribution in [3.63, 3.8) is 0 Å². The molecule has 0 fully saturated rings. The van der Waals surface area contributed by atoms with Crippen LogP contribution in [0.5, 0.6) is 0 Å². The summed E-state index contributed by atoms with van der Waals surface area (Å²) in [4.78, 5) is 22.8. The van der Waals surface area contributed by atoms with Gasteiger partial charge < -0.3 is 10.1 Å². The van der Waals surface area contributed by atoms with Crippen molar-refractivity contribution in [2.24, 2.45) is 0 Å². The first-order valence-corrected chi connectivity index (χ1v) is 5.80. The van der Waals surface area contributed by atoms with Gasteiger partial charge in [-0.15, -0.1) is 0 Å². The van der Waals surface area contributed by atoms with Gasteiger partial charge in [-0.1, -0.05) is 6.07 Å². The number of imidazole rings is 1. The van der Waals surface area contributed by atoms with Crippen molar-refractivity contribution in [2.75, 3.05) is 0 Å². The van der Waals surface area contributed by atoms with Crippen LogP contribution in [0.2, 0.25) is 0 Å². The highest BCUT2D eigenvalue weighted by molar-refractivity contribution is 6.01.